The van der Waals surface area contributed by atoms with Crippen LogP contribution in [0.5, 0.6) is 11.8 Å². The summed E-state index contributed by atoms with van der Waals surface area (Å²) in [5.41, 5.74) is -1.84. The molecule has 2 fully saturated rings. The first-order valence-electron chi connectivity index (χ1n) is 18.6. The van der Waals surface area contributed by atoms with Gasteiger partial charge >= 0.3 is 18.3 Å². The number of carbonyl (C=O) groups excluding carboxylic acids is 2. The molecule has 0 spiro atoms. The number of unbranched alkanes of at least 4 members (excludes halogenated alkanes) is 2. The Morgan fingerprint density at radius 1 is 1.00 bits per heavy atom. The van der Waals surface area contributed by atoms with Crippen LogP contribution in [0.2, 0.25) is 0 Å². The summed E-state index contributed by atoms with van der Waals surface area (Å²) >= 11 is 0. The fourth-order valence-corrected chi connectivity index (χ4v) is 7.38. The molecule has 11 nitrogen and oxygen atoms in total. The third-order valence-electron chi connectivity index (χ3n) is 9.69. The maximum atomic E-state index is 17.7. The van der Waals surface area contributed by atoms with E-state index >= 15 is 8.78 Å². The van der Waals surface area contributed by atoms with E-state index in [1.54, 1.807) is 36.6 Å². The normalized spacial score (nSPS) is 16.6. The Morgan fingerprint density at radius 3 is 2.36 bits per heavy atom. The molecule has 58 heavy (non-hydrogen) atoms. The summed E-state index contributed by atoms with van der Waals surface area (Å²) in [6.45, 7) is 3.60. The second-order valence-electron chi connectivity index (χ2n) is 15.1. The highest BCUT2D eigenvalue weighted by Gasteiger charge is 2.45. The second-order valence-corrected chi connectivity index (χ2v) is 15.1. The first-order chi connectivity index (χ1) is 27.5. The average molecular weight is 808 g/mol. The summed E-state index contributed by atoms with van der Waals surface area (Å²) < 4.78 is 95.0. The molecule has 0 radical (unpaired) electrons. The van der Waals surface area contributed by atoms with Gasteiger partial charge in [0.2, 0.25) is 5.91 Å². The molecule has 2 aliphatic heterocycles. The highest BCUT2D eigenvalue weighted by molar-refractivity contribution is 6.10. The van der Waals surface area contributed by atoms with Gasteiger partial charge in [-0.1, -0.05) is 12.0 Å². The molecule has 306 valence electrons. The number of carbonyl (C=O) groups is 2. The number of amides is 2. The molecule has 4 aromatic rings. The van der Waals surface area contributed by atoms with Gasteiger partial charge in [0, 0.05) is 49.4 Å². The van der Waals surface area contributed by atoms with Crippen LogP contribution in [0.15, 0.2) is 30.3 Å². The van der Waals surface area contributed by atoms with Gasteiger partial charge in [-0.15, -0.1) is 18.8 Å². The van der Waals surface area contributed by atoms with Crippen LogP contribution in [0.3, 0.4) is 0 Å². The van der Waals surface area contributed by atoms with Gasteiger partial charge in [0.25, 0.3) is 0 Å². The zero-order valence-electron chi connectivity index (χ0n) is 32.4. The molecular formula is C42H42F5N5O6. The maximum absolute atomic E-state index is 17.7. The van der Waals surface area contributed by atoms with Gasteiger partial charge < -0.3 is 29.2 Å². The van der Waals surface area contributed by atoms with E-state index in [4.69, 9.17) is 31.8 Å². The molecule has 0 aliphatic carbocycles. The summed E-state index contributed by atoms with van der Waals surface area (Å²) in [5.74, 6) is 2.64. The molecule has 3 aromatic carbocycles. The molecule has 16 heteroatoms. The largest absolute Gasteiger partial charge is 0.468 e. The molecular weight excluding hydrogens is 765 g/mol. The molecule has 2 saturated heterocycles. The van der Waals surface area contributed by atoms with Gasteiger partial charge in [0.15, 0.2) is 19.2 Å². The van der Waals surface area contributed by atoms with Crippen molar-refractivity contribution in [2.45, 2.75) is 83.2 Å². The standard InChI is InChI=1S/C42H42F5N5O6/c1-7-9-10-11-12-33(53)48-32-19-30-37(36(44)35(32)29-18-27(57-23-55-6)17-24-13-16-31(43)28(8-2)34(24)29)49-39(56-22-42(45,46)47)50-38(30)51-20-25-14-15-26(21-51)52(25)40(54)58-41(3,4)5/h1-2,13,16-19,25-26H,9-12,14-15,20-23H2,3-6H3,(H,48,53)/t25-,26+. The number of benzene rings is 3. The minimum Gasteiger partial charge on any atom is -0.468 e. The van der Waals surface area contributed by atoms with Crippen molar-refractivity contribution in [1.82, 2.24) is 14.9 Å². The van der Waals surface area contributed by atoms with Crippen LogP contribution in [0, 0.1) is 36.3 Å². The van der Waals surface area contributed by atoms with Crippen LogP contribution in [-0.2, 0) is 14.3 Å². The number of nitrogens with zero attached hydrogens (tertiary/aromatic N) is 4. The lowest BCUT2D eigenvalue weighted by Crippen LogP contribution is -2.57. The molecule has 0 unspecified atom stereocenters. The van der Waals surface area contributed by atoms with Gasteiger partial charge in [-0.05, 0) is 81.7 Å². The number of rotatable bonds is 12. The Hall–Kier alpha value is -5.87. The number of hydrogen-bond acceptors (Lipinski definition) is 9. The van der Waals surface area contributed by atoms with E-state index in [1.807, 2.05) is 0 Å². The minimum atomic E-state index is -4.79. The predicted molar refractivity (Wildman–Crippen MR) is 207 cm³/mol. The first-order valence-corrected chi connectivity index (χ1v) is 18.6. The van der Waals surface area contributed by atoms with Gasteiger partial charge in [-0.2, -0.15) is 23.1 Å². The van der Waals surface area contributed by atoms with Crippen LogP contribution >= 0.6 is 0 Å². The summed E-state index contributed by atoms with van der Waals surface area (Å²) in [6, 6.07) is 5.42. The van der Waals surface area contributed by atoms with Crippen LogP contribution < -0.4 is 19.7 Å². The number of piperazine rings is 1. The highest BCUT2D eigenvalue weighted by atomic mass is 19.4. The SMILES string of the molecule is C#CCCCCC(=O)Nc1cc2c(N3C[C@H]4CC[C@@H](C3)N4C(=O)OC(C)(C)C)nc(OCC(F)(F)F)nc2c(F)c1-c1cc(OCOC)cc2ccc(F)c(C#C)c12. The zero-order valence-corrected chi connectivity index (χ0v) is 32.4. The van der Waals surface area contributed by atoms with Gasteiger partial charge in [-0.3, -0.25) is 9.69 Å². The molecule has 6 rings (SSSR count). The van der Waals surface area contributed by atoms with E-state index < -0.39 is 53.5 Å². The minimum absolute atomic E-state index is 0.00626. The van der Waals surface area contributed by atoms with Crippen molar-refractivity contribution in [3.63, 3.8) is 0 Å². The molecule has 2 aliphatic rings. The Bertz CT molecular complexity index is 2300. The number of aromatic nitrogens is 2. The van der Waals surface area contributed by atoms with E-state index in [0.717, 1.165) is 6.07 Å². The fraction of sp³-hybridized carbons (Fsp3) is 0.429. The quantitative estimate of drug-likeness (QED) is 0.0653. The van der Waals surface area contributed by atoms with Gasteiger partial charge in [0.05, 0.1) is 23.3 Å². The van der Waals surface area contributed by atoms with E-state index in [9.17, 15) is 22.8 Å². The van der Waals surface area contributed by atoms with Crippen molar-refractivity contribution in [3.05, 3.63) is 47.5 Å². The maximum Gasteiger partial charge on any atom is 0.422 e. The van der Waals surface area contributed by atoms with Crippen molar-refractivity contribution >= 4 is 45.2 Å². The lowest BCUT2D eigenvalue weighted by Gasteiger charge is -2.42. The Balaban J connectivity index is 1.59. The van der Waals surface area contributed by atoms with Gasteiger partial charge in [-0.25, -0.2) is 13.6 Å². The average Bonchev–Trinajstić information content (AvgIpc) is 3.43. The lowest BCUT2D eigenvalue weighted by molar-refractivity contribution is -0.154. The third kappa shape index (κ3) is 9.13. The van der Waals surface area contributed by atoms with Crippen molar-refractivity contribution in [1.29, 1.82) is 0 Å². The number of fused-ring (bicyclic) bond motifs is 4. The van der Waals surface area contributed by atoms with Gasteiger partial charge in [0.1, 0.15) is 28.5 Å². The number of ether oxygens (including phenoxy) is 4. The van der Waals surface area contributed by atoms with Crippen molar-refractivity contribution in [2.75, 3.05) is 43.8 Å². The molecule has 1 N–H and O–H groups in total. The Labute approximate surface area is 332 Å². The van der Waals surface area contributed by atoms with Crippen molar-refractivity contribution in [3.8, 4) is 47.6 Å². The molecule has 1 aromatic heterocycles. The van der Waals surface area contributed by atoms with E-state index in [2.05, 4.69) is 27.1 Å². The zero-order chi connectivity index (χ0) is 41.9. The second kappa shape index (κ2) is 16.9. The number of hydrogen-bond donors (Lipinski definition) is 1. The predicted octanol–water partition coefficient (Wildman–Crippen LogP) is 8.35. The number of terminal acetylenes is 2. The number of alkyl halides is 3. The summed E-state index contributed by atoms with van der Waals surface area (Å²) in [4.78, 5) is 38.7. The van der Waals surface area contributed by atoms with Crippen LogP contribution in [0.4, 0.5) is 38.3 Å². The molecule has 0 saturated carbocycles. The number of halogens is 5. The van der Waals surface area contributed by atoms with E-state index in [-0.39, 0.29) is 83.1 Å². The Morgan fingerprint density at radius 2 is 1.72 bits per heavy atom. The fourth-order valence-electron chi connectivity index (χ4n) is 7.38. The van der Waals surface area contributed by atoms with E-state index in [0.29, 0.717) is 37.5 Å². The van der Waals surface area contributed by atoms with Crippen LogP contribution in [0.1, 0.15) is 64.9 Å². The van der Waals surface area contributed by atoms with Crippen molar-refractivity contribution < 1.29 is 50.5 Å². The molecule has 3 heterocycles. The first kappa shape index (κ1) is 41.8. The Kier molecular flexibility index (Phi) is 12.2. The molecule has 2 atom stereocenters. The van der Waals surface area contributed by atoms with Crippen molar-refractivity contribution in [2.24, 2.45) is 0 Å². The monoisotopic (exact) mass is 807 g/mol. The van der Waals surface area contributed by atoms with Crippen LogP contribution in [0.25, 0.3) is 32.8 Å². The number of nitrogens with one attached hydrogen (secondary N) is 1. The van der Waals surface area contributed by atoms with Crippen LogP contribution in [-0.4, -0.2) is 84.3 Å². The number of anilines is 2. The summed E-state index contributed by atoms with van der Waals surface area (Å²) in [5, 5.41) is 3.26. The third-order valence-corrected chi connectivity index (χ3v) is 9.69. The smallest absolute Gasteiger partial charge is 0.422 e. The topological polar surface area (TPSA) is 115 Å². The molecule has 2 amide bonds. The molecule has 2 bridgehead atoms. The summed E-state index contributed by atoms with van der Waals surface area (Å²) in [7, 11) is 1.40. The van der Waals surface area contributed by atoms with E-state index in [1.165, 1.54) is 25.3 Å². The lowest BCUT2D eigenvalue weighted by atomic mass is 9.91. The number of methoxy groups -OCH3 is 1. The highest BCUT2D eigenvalue weighted by Crippen LogP contribution is 2.45. The summed E-state index contributed by atoms with van der Waals surface area (Å²) in [6.07, 6.45) is 8.50.